The molecule has 0 aliphatic heterocycles. The summed E-state index contributed by atoms with van der Waals surface area (Å²) in [4.78, 5) is 4.11. The largest absolute Gasteiger partial charge is 0.304 e. The molecule has 2 rings (SSSR count). The highest BCUT2D eigenvalue weighted by atomic mass is 79.9. The predicted molar refractivity (Wildman–Crippen MR) is 78.3 cm³/mol. The molecule has 1 heterocycles. The molecule has 0 bridgehead atoms. The van der Waals surface area contributed by atoms with Crippen molar-refractivity contribution in [2.75, 3.05) is 0 Å². The molecule has 0 saturated carbocycles. The Labute approximate surface area is 121 Å². The molecule has 0 spiro atoms. The number of aromatic nitrogens is 1. The molecule has 0 amide bonds. The summed E-state index contributed by atoms with van der Waals surface area (Å²) < 4.78 is 13.7. The lowest BCUT2D eigenvalue weighted by molar-refractivity contribution is 0.492. The second kappa shape index (κ2) is 6.26. The number of hydrogen-bond acceptors (Lipinski definition) is 2. The van der Waals surface area contributed by atoms with Crippen LogP contribution in [0.15, 0.2) is 47.2 Å². The van der Waals surface area contributed by atoms with Gasteiger partial charge in [0.25, 0.3) is 0 Å². The quantitative estimate of drug-likeness (QED) is 0.902. The molecule has 1 aromatic carbocycles. The molecule has 1 N–H and O–H groups in total. The summed E-state index contributed by atoms with van der Waals surface area (Å²) in [6.07, 6.45) is 3.61. The van der Waals surface area contributed by atoms with Crippen LogP contribution in [0, 0.1) is 5.82 Å². The average molecular weight is 323 g/mol. The summed E-state index contributed by atoms with van der Waals surface area (Å²) in [6.45, 7) is 4.15. The highest BCUT2D eigenvalue weighted by Gasteiger charge is 2.12. The first-order valence-corrected chi connectivity index (χ1v) is 6.98. The van der Waals surface area contributed by atoms with Gasteiger partial charge in [0.2, 0.25) is 0 Å². The molecule has 0 aliphatic carbocycles. The van der Waals surface area contributed by atoms with Crippen LogP contribution in [-0.2, 0) is 0 Å². The van der Waals surface area contributed by atoms with E-state index in [1.165, 1.54) is 6.07 Å². The minimum Gasteiger partial charge on any atom is -0.304 e. The average Bonchev–Trinajstić information content (AvgIpc) is 2.42. The van der Waals surface area contributed by atoms with E-state index in [1.54, 1.807) is 12.3 Å². The Balaban J connectivity index is 2.08. The number of benzene rings is 1. The summed E-state index contributed by atoms with van der Waals surface area (Å²) in [6, 6.07) is 9.37. The Morgan fingerprint density at radius 1 is 1.16 bits per heavy atom. The van der Waals surface area contributed by atoms with Crippen LogP contribution in [0.4, 0.5) is 4.39 Å². The van der Waals surface area contributed by atoms with Gasteiger partial charge in [0.1, 0.15) is 5.82 Å². The maximum Gasteiger partial charge on any atom is 0.137 e. The number of halogens is 2. The van der Waals surface area contributed by atoms with Crippen molar-refractivity contribution in [3.63, 3.8) is 0 Å². The summed E-state index contributed by atoms with van der Waals surface area (Å²) in [5.41, 5.74) is 2.18. The van der Waals surface area contributed by atoms with Crippen LogP contribution in [0.2, 0.25) is 0 Å². The second-order valence-electron chi connectivity index (χ2n) is 4.57. The normalized spacial score (nSPS) is 14.1. The SMILES string of the molecule is CC(NC(C)c1ccc(F)c(Br)c1)c1cccnc1. The van der Waals surface area contributed by atoms with Gasteiger partial charge in [-0.25, -0.2) is 4.39 Å². The van der Waals surface area contributed by atoms with Crippen LogP contribution in [0.25, 0.3) is 0 Å². The molecular formula is C15H16BrFN2. The number of rotatable bonds is 4. The molecule has 4 heteroatoms. The number of pyridine rings is 1. The van der Waals surface area contributed by atoms with E-state index < -0.39 is 0 Å². The molecular weight excluding hydrogens is 307 g/mol. The summed E-state index contributed by atoms with van der Waals surface area (Å²) in [7, 11) is 0. The van der Waals surface area contributed by atoms with Gasteiger partial charge in [-0.2, -0.15) is 0 Å². The van der Waals surface area contributed by atoms with Crippen LogP contribution in [-0.4, -0.2) is 4.98 Å². The number of nitrogens with one attached hydrogen (secondary N) is 1. The zero-order chi connectivity index (χ0) is 13.8. The zero-order valence-corrected chi connectivity index (χ0v) is 12.5. The van der Waals surface area contributed by atoms with Gasteiger partial charge in [0, 0.05) is 24.5 Å². The van der Waals surface area contributed by atoms with Crippen LogP contribution >= 0.6 is 15.9 Å². The maximum absolute atomic E-state index is 13.2. The molecule has 2 atom stereocenters. The zero-order valence-electron chi connectivity index (χ0n) is 10.9. The highest BCUT2D eigenvalue weighted by Crippen LogP contribution is 2.23. The first-order valence-electron chi connectivity index (χ1n) is 6.19. The predicted octanol–water partition coefficient (Wildman–Crippen LogP) is 4.40. The highest BCUT2D eigenvalue weighted by molar-refractivity contribution is 9.10. The number of nitrogens with zero attached hydrogens (tertiary/aromatic N) is 1. The fourth-order valence-corrected chi connectivity index (χ4v) is 2.38. The second-order valence-corrected chi connectivity index (χ2v) is 5.42. The van der Waals surface area contributed by atoms with Gasteiger partial charge in [-0.1, -0.05) is 12.1 Å². The van der Waals surface area contributed by atoms with Crippen molar-refractivity contribution in [2.24, 2.45) is 0 Å². The van der Waals surface area contributed by atoms with Crippen molar-refractivity contribution >= 4 is 15.9 Å². The van der Waals surface area contributed by atoms with E-state index in [-0.39, 0.29) is 17.9 Å². The standard InChI is InChI=1S/C15H16BrFN2/c1-10(12-5-6-15(17)14(16)8-12)19-11(2)13-4-3-7-18-9-13/h3-11,19H,1-2H3. The molecule has 0 saturated heterocycles. The Kier molecular flexibility index (Phi) is 4.66. The van der Waals surface area contributed by atoms with Gasteiger partial charge in [0.05, 0.1) is 4.47 Å². The smallest absolute Gasteiger partial charge is 0.137 e. The lowest BCUT2D eigenvalue weighted by Crippen LogP contribution is -2.22. The monoisotopic (exact) mass is 322 g/mol. The Morgan fingerprint density at radius 3 is 2.53 bits per heavy atom. The molecule has 19 heavy (non-hydrogen) atoms. The molecule has 0 aliphatic rings. The van der Waals surface area contributed by atoms with Gasteiger partial charge < -0.3 is 5.32 Å². The van der Waals surface area contributed by atoms with E-state index in [9.17, 15) is 4.39 Å². The Morgan fingerprint density at radius 2 is 1.89 bits per heavy atom. The summed E-state index contributed by atoms with van der Waals surface area (Å²) in [5, 5.41) is 3.48. The van der Waals surface area contributed by atoms with E-state index >= 15 is 0 Å². The van der Waals surface area contributed by atoms with Crippen LogP contribution in [0.5, 0.6) is 0 Å². The number of hydrogen-bond donors (Lipinski definition) is 1. The first kappa shape index (κ1) is 14.2. The molecule has 0 radical (unpaired) electrons. The lowest BCUT2D eigenvalue weighted by Gasteiger charge is -2.20. The minimum absolute atomic E-state index is 0.132. The molecule has 0 fully saturated rings. The Bertz CT molecular complexity index is 545. The molecule has 2 nitrogen and oxygen atoms in total. The topological polar surface area (TPSA) is 24.9 Å². The van der Waals surface area contributed by atoms with E-state index in [2.05, 4.69) is 40.1 Å². The van der Waals surface area contributed by atoms with Crippen molar-refractivity contribution in [3.8, 4) is 0 Å². The van der Waals surface area contributed by atoms with Crippen molar-refractivity contribution in [3.05, 3.63) is 64.1 Å². The maximum atomic E-state index is 13.2. The van der Waals surface area contributed by atoms with Gasteiger partial charge in [-0.3, -0.25) is 4.98 Å². The van der Waals surface area contributed by atoms with Crippen molar-refractivity contribution < 1.29 is 4.39 Å². The van der Waals surface area contributed by atoms with Crippen LogP contribution in [0.1, 0.15) is 37.1 Å². The van der Waals surface area contributed by atoms with E-state index in [4.69, 9.17) is 0 Å². The van der Waals surface area contributed by atoms with Crippen molar-refractivity contribution in [1.29, 1.82) is 0 Å². The summed E-state index contributed by atoms with van der Waals surface area (Å²) >= 11 is 3.21. The minimum atomic E-state index is -0.240. The van der Waals surface area contributed by atoms with Gasteiger partial charge in [0.15, 0.2) is 0 Å². The van der Waals surface area contributed by atoms with Gasteiger partial charge in [-0.05, 0) is 59.1 Å². The fraction of sp³-hybridized carbons (Fsp3) is 0.267. The third-order valence-corrected chi connectivity index (χ3v) is 3.74. The van der Waals surface area contributed by atoms with E-state index in [0.29, 0.717) is 4.47 Å². The Hall–Kier alpha value is -1.26. The van der Waals surface area contributed by atoms with Crippen LogP contribution in [0.3, 0.4) is 0 Å². The van der Waals surface area contributed by atoms with Gasteiger partial charge >= 0.3 is 0 Å². The van der Waals surface area contributed by atoms with E-state index in [1.807, 2.05) is 24.4 Å². The van der Waals surface area contributed by atoms with E-state index in [0.717, 1.165) is 11.1 Å². The third kappa shape index (κ3) is 3.61. The van der Waals surface area contributed by atoms with Crippen LogP contribution < -0.4 is 5.32 Å². The first-order chi connectivity index (χ1) is 9.08. The molecule has 2 unspecified atom stereocenters. The molecule has 100 valence electrons. The summed E-state index contributed by atoms with van der Waals surface area (Å²) in [5.74, 6) is -0.240. The molecule has 1 aromatic heterocycles. The lowest BCUT2D eigenvalue weighted by atomic mass is 10.1. The van der Waals surface area contributed by atoms with Gasteiger partial charge in [-0.15, -0.1) is 0 Å². The third-order valence-electron chi connectivity index (χ3n) is 3.13. The fourth-order valence-electron chi connectivity index (χ4n) is 1.98. The molecule has 2 aromatic rings. The van der Waals surface area contributed by atoms with Crippen molar-refractivity contribution in [2.45, 2.75) is 25.9 Å². The van der Waals surface area contributed by atoms with Crippen molar-refractivity contribution in [1.82, 2.24) is 10.3 Å².